The SMILES string of the molecule is CCN(CCC(=O)O)C(=O)c1ccc(CCN)cc1. The molecule has 104 valence electrons. The van der Waals surface area contributed by atoms with Gasteiger partial charge in [-0.3, -0.25) is 9.59 Å². The maximum absolute atomic E-state index is 12.2. The highest BCUT2D eigenvalue weighted by atomic mass is 16.4. The van der Waals surface area contributed by atoms with Crippen molar-refractivity contribution in [2.75, 3.05) is 19.6 Å². The Hall–Kier alpha value is -1.88. The fourth-order valence-corrected chi connectivity index (χ4v) is 1.80. The Morgan fingerprint density at radius 2 is 1.89 bits per heavy atom. The van der Waals surface area contributed by atoms with E-state index in [0.717, 1.165) is 12.0 Å². The second kappa shape index (κ2) is 7.53. The standard InChI is InChI=1S/C14H20N2O3/c1-2-16(10-8-13(17)18)14(19)12-5-3-11(4-6-12)7-9-15/h3-6H,2,7-10,15H2,1H3,(H,17,18). The van der Waals surface area contributed by atoms with Crippen molar-refractivity contribution in [3.63, 3.8) is 0 Å². The van der Waals surface area contributed by atoms with E-state index < -0.39 is 5.97 Å². The number of carbonyl (C=O) groups excluding carboxylic acids is 1. The van der Waals surface area contributed by atoms with E-state index in [4.69, 9.17) is 10.8 Å². The van der Waals surface area contributed by atoms with Crippen molar-refractivity contribution >= 4 is 11.9 Å². The maximum atomic E-state index is 12.2. The Bertz CT molecular complexity index is 429. The minimum Gasteiger partial charge on any atom is -0.481 e. The van der Waals surface area contributed by atoms with E-state index >= 15 is 0 Å². The third kappa shape index (κ3) is 4.71. The van der Waals surface area contributed by atoms with Gasteiger partial charge < -0.3 is 15.7 Å². The summed E-state index contributed by atoms with van der Waals surface area (Å²) in [4.78, 5) is 24.2. The van der Waals surface area contributed by atoms with Gasteiger partial charge in [0.15, 0.2) is 0 Å². The Morgan fingerprint density at radius 1 is 1.26 bits per heavy atom. The van der Waals surface area contributed by atoms with Gasteiger partial charge in [0.2, 0.25) is 0 Å². The second-order valence-corrected chi connectivity index (χ2v) is 4.26. The Labute approximate surface area is 113 Å². The van der Waals surface area contributed by atoms with E-state index in [1.807, 2.05) is 19.1 Å². The molecular formula is C14H20N2O3. The van der Waals surface area contributed by atoms with Gasteiger partial charge in [-0.1, -0.05) is 12.1 Å². The molecule has 5 nitrogen and oxygen atoms in total. The molecule has 1 rings (SSSR count). The van der Waals surface area contributed by atoms with E-state index in [0.29, 0.717) is 18.7 Å². The van der Waals surface area contributed by atoms with Crippen molar-refractivity contribution in [2.24, 2.45) is 5.73 Å². The minimum absolute atomic E-state index is 0.0369. The maximum Gasteiger partial charge on any atom is 0.305 e. The van der Waals surface area contributed by atoms with Gasteiger partial charge in [-0.2, -0.15) is 0 Å². The first kappa shape index (κ1) is 15.2. The predicted molar refractivity (Wildman–Crippen MR) is 73.0 cm³/mol. The van der Waals surface area contributed by atoms with Crippen molar-refractivity contribution < 1.29 is 14.7 Å². The molecule has 0 unspecified atom stereocenters. The van der Waals surface area contributed by atoms with E-state index in [2.05, 4.69) is 0 Å². The molecule has 3 N–H and O–H groups in total. The van der Waals surface area contributed by atoms with Gasteiger partial charge in [-0.25, -0.2) is 0 Å². The lowest BCUT2D eigenvalue weighted by atomic mass is 10.1. The van der Waals surface area contributed by atoms with Crippen LogP contribution in [0.15, 0.2) is 24.3 Å². The minimum atomic E-state index is -0.899. The van der Waals surface area contributed by atoms with Crippen LogP contribution in [0.3, 0.4) is 0 Å². The third-order valence-corrected chi connectivity index (χ3v) is 2.90. The summed E-state index contributed by atoms with van der Waals surface area (Å²) in [6, 6.07) is 7.28. The number of nitrogens with zero attached hydrogens (tertiary/aromatic N) is 1. The van der Waals surface area contributed by atoms with Crippen LogP contribution in [-0.2, 0) is 11.2 Å². The van der Waals surface area contributed by atoms with Crippen molar-refractivity contribution in [3.05, 3.63) is 35.4 Å². The van der Waals surface area contributed by atoms with Crippen molar-refractivity contribution in [1.29, 1.82) is 0 Å². The summed E-state index contributed by atoms with van der Waals surface area (Å²) in [5.74, 6) is -1.03. The van der Waals surface area contributed by atoms with E-state index in [1.54, 1.807) is 12.1 Å². The molecule has 0 spiro atoms. The summed E-state index contributed by atoms with van der Waals surface area (Å²) < 4.78 is 0. The number of amides is 1. The number of benzene rings is 1. The number of carbonyl (C=O) groups is 2. The molecule has 0 aliphatic rings. The average molecular weight is 264 g/mol. The number of hydrogen-bond donors (Lipinski definition) is 2. The average Bonchev–Trinajstić information content (AvgIpc) is 2.40. The lowest BCUT2D eigenvalue weighted by Gasteiger charge is -2.20. The number of carboxylic acid groups (broad SMARTS) is 1. The van der Waals surface area contributed by atoms with Crippen molar-refractivity contribution in [2.45, 2.75) is 19.8 Å². The second-order valence-electron chi connectivity index (χ2n) is 4.26. The van der Waals surface area contributed by atoms with Crippen LogP contribution in [0, 0.1) is 0 Å². The van der Waals surface area contributed by atoms with Crippen LogP contribution in [-0.4, -0.2) is 41.5 Å². The molecule has 0 aliphatic heterocycles. The first-order valence-electron chi connectivity index (χ1n) is 6.38. The van der Waals surface area contributed by atoms with Gasteiger partial charge in [0, 0.05) is 18.7 Å². The molecule has 0 atom stereocenters. The summed E-state index contributed by atoms with van der Waals surface area (Å²) in [5, 5.41) is 8.66. The van der Waals surface area contributed by atoms with Crippen LogP contribution < -0.4 is 5.73 Å². The molecule has 0 saturated heterocycles. The van der Waals surface area contributed by atoms with Gasteiger partial charge in [-0.15, -0.1) is 0 Å². The van der Waals surface area contributed by atoms with E-state index in [1.165, 1.54) is 4.90 Å². The molecular weight excluding hydrogens is 244 g/mol. The van der Waals surface area contributed by atoms with Gasteiger partial charge in [0.25, 0.3) is 5.91 Å². The summed E-state index contributed by atoms with van der Waals surface area (Å²) in [6.07, 6.45) is 0.746. The van der Waals surface area contributed by atoms with Crippen molar-refractivity contribution in [3.8, 4) is 0 Å². The van der Waals surface area contributed by atoms with Crippen LogP contribution in [0.5, 0.6) is 0 Å². The molecule has 0 radical (unpaired) electrons. The molecule has 0 bridgehead atoms. The molecule has 0 fully saturated rings. The lowest BCUT2D eigenvalue weighted by molar-refractivity contribution is -0.137. The van der Waals surface area contributed by atoms with Gasteiger partial charge in [0.05, 0.1) is 6.42 Å². The van der Waals surface area contributed by atoms with Crippen LogP contribution >= 0.6 is 0 Å². The highest BCUT2D eigenvalue weighted by molar-refractivity contribution is 5.94. The molecule has 19 heavy (non-hydrogen) atoms. The smallest absolute Gasteiger partial charge is 0.305 e. The molecule has 0 aromatic heterocycles. The Morgan fingerprint density at radius 3 is 2.37 bits per heavy atom. The van der Waals surface area contributed by atoms with Crippen LogP contribution in [0.25, 0.3) is 0 Å². The van der Waals surface area contributed by atoms with Gasteiger partial charge >= 0.3 is 5.97 Å². The Kier molecular flexibility index (Phi) is 6.02. The zero-order chi connectivity index (χ0) is 14.3. The lowest BCUT2D eigenvalue weighted by Crippen LogP contribution is -2.32. The van der Waals surface area contributed by atoms with Gasteiger partial charge in [0.1, 0.15) is 0 Å². The van der Waals surface area contributed by atoms with Gasteiger partial charge in [-0.05, 0) is 37.6 Å². The molecule has 0 heterocycles. The molecule has 0 aliphatic carbocycles. The zero-order valence-electron chi connectivity index (χ0n) is 11.1. The third-order valence-electron chi connectivity index (χ3n) is 2.90. The number of nitrogens with two attached hydrogens (primary N) is 1. The summed E-state index contributed by atoms with van der Waals surface area (Å²) in [7, 11) is 0. The first-order valence-corrected chi connectivity index (χ1v) is 6.38. The molecule has 1 aromatic rings. The first-order chi connectivity index (χ1) is 9.08. The van der Waals surface area contributed by atoms with E-state index in [9.17, 15) is 9.59 Å². The summed E-state index contributed by atoms with van der Waals surface area (Å²) >= 11 is 0. The monoisotopic (exact) mass is 264 g/mol. The number of carboxylic acids is 1. The topological polar surface area (TPSA) is 83.6 Å². The predicted octanol–water partition coefficient (Wildman–Crippen LogP) is 1.12. The number of aliphatic carboxylic acids is 1. The molecule has 1 amide bonds. The summed E-state index contributed by atoms with van der Waals surface area (Å²) in [5.41, 5.74) is 7.13. The number of rotatable bonds is 7. The molecule has 1 aromatic carbocycles. The Balaban J connectivity index is 2.70. The normalized spacial score (nSPS) is 10.2. The van der Waals surface area contributed by atoms with Crippen molar-refractivity contribution in [1.82, 2.24) is 4.90 Å². The quantitative estimate of drug-likeness (QED) is 0.773. The highest BCUT2D eigenvalue weighted by Gasteiger charge is 2.14. The molecule has 5 heteroatoms. The fraction of sp³-hybridized carbons (Fsp3) is 0.429. The largest absolute Gasteiger partial charge is 0.481 e. The van der Waals surface area contributed by atoms with Crippen LogP contribution in [0.1, 0.15) is 29.3 Å². The van der Waals surface area contributed by atoms with Crippen LogP contribution in [0.2, 0.25) is 0 Å². The zero-order valence-corrected chi connectivity index (χ0v) is 11.1. The fourth-order valence-electron chi connectivity index (χ4n) is 1.80. The van der Waals surface area contributed by atoms with E-state index in [-0.39, 0.29) is 18.9 Å². The summed E-state index contributed by atoms with van der Waals surface area (Å²) in [6.45, 7) is 3.14. The highest BCUT2D eigenvalue weighted by Crippen LogP contribution is 2.08. The number of hydrogen-bond acceptors (Lipinski definition) is 3. The molecule has 0 saturated carbocycles. The van der Waals surface area contributed by atoms with Crippen LogP contribution in [0.4, 0.5) is 0 Å².